The second-order valence-electron chi connectivity index (χ2n) is 4.28. The van der Waals surface area contributed by atoms with Crippen LogP contribution < -0.4 is 5.73 Å². The molecule has 1 aromatic rings. The zero-order valence-corrected chi connectivity index (χ0v) is 11.2. The van der Waals surface area contributed by atoms with Gasteiger partial charge in [-0.1, -0.05) is 6.92 Å². The second-order valence-corrected chi connectivity index (χ2v) is 5.20. The molecule has 1 aliphatic rings. The smallest absolute Gasteiger partial charge is 0.0673 e. The van der Waals surface area contributed by atoms with Gasteiger partial charge in [0.05, 0.1) is 11.7 Å². The van der Waals surface area contributed by atoms with Gasteiger partial charge < -0.3 is 5.73 Å². The number of nitrogens with zero attached hydrogens (tertiary/aromatic N) is 2. The Bertz CT molecular complexity index is 339. The van der Waals surface area contributed by atoms with E-state index in [2.05, 4.69) is 38.8 Å². The molecule has 2 rings (SSSR count). The first-order valence-corrected chi connectivity index (χ1v) is 6.62. The number of nitrogens with two attached hydrogens (primary N) is 1. The maximum atomic E-state index is 6.22. The van der Waals surface area contributed by atoms with E-state index in [1.54, 1.807) is 0 Å². The highest BCUT2D eigenvalue weighted by molar-refractivity contribution is 9.10. The van der Waals surface area contributed by atoms with Crippen LogP contribution in [0.5, 0.6) is 0 Å². The highest BCUT2D eigenvalue weighted by Gasteiger charge is 2.30. The summed E-state index contributed by atoms with van der Waals surface area (Å²) in [4.78, 5) is 6.90. The van der Waals surface area contributed by atoms with Gasteiger partial charge >= 0.3 is 0 Å². The molecule has 2 N–H and O–H groups in total. The molecule has 16 heavy (non-hydrogen) atoms. The third-order valence-electron chi connectivity index (χ3n) is 3.24. The fourth-order valence-corrected chi connectivity index (χ4v) is 2.66. The molecule has 3 nitrogen and oxygen atoms in total. The number of piperidine rings is 1. The van der Waals surface area contributed by atoms with Gasteiger partial charge in [-0.15, -0.1) is 0 Å². The molecule has 2 heterocycles. The maximum absolute atomic E-state index is 6.22. The zero-order chi connectivity index (χ0) is 11.5. The molecule has 1 saturated heterocycles. The summed E-state index contributed by atoms with van der Waals surface area (Å²) in [5.41, 5.74) is 7.32. The van der Waals surface area contributed by atoms with Gasteiger partial charge in [-0.2, -0.15) is 0 Å². The third kappa shape index (κ3) is 2.44. The minimum atomic E-state index is 0.211. The van der Waals surface area contributed by atoms with Gasteiger partial charge in [-0.05, 0) is 54.0 Å². The molecule has 2 unspecified atom stereocenters. The first-order valence-electron chi connectivity index (χ1n) is 5.83. The Morgan fingerprint density at radius 1 is 1.56 bits per heavy atom. The molecule has 4 heteroatoms. The largest absolute Gasteiger partial charge is 0.326 e. The van der Waals surface area contributed by atoms with Crippen molar-refractivity contribution in [1.29, 1.82) is 0 Å². The van der Waals surface area contributed by atoms with Crippen molar-refractivity contribution in [2.75, 3.05) is 13.1 Å². The van der Waals surface area contributed by atoms with Crippen LogP contribution in [0, 0.1) is 0 Å². The Balaban J connectivity index is 2.24. The number of rotatable bonds is 2. The van der Waals surface area contributed by atoms with Crippen LogP contribution in [0.1, 0.15) is 31.5 Å². The maximum Gasteiger partial charge on any atom is 0.0673 e. The molecule has 0 bridgehead atoms. The fourth-order valence-electron chi connectivity index (χ4n) is 2.42. The second kappa shape index (κ2) is 5.25. The molecule has 0 radical (unpaired) electrons. The number of pyridine rings is 1. The molecule has 0 amide bonds. The predicted molar refractivity (Wildman–Crippen MR) is 69.1 cm³/mol. The Labute approximate surface area is 105 Å². The third-order valence-corrected chi connectivity index (χ3v) is 3.71. The predicted octanol–water partition coefficient (Wildman–Crippen LogP) is 2.33. The first-order chi connectivity index (χ1) is 7.72. The molecule has 1 aliphatic heterocycles. The van der Waals surface area contributed by atoms with Crippen molar-refractivity contribution in [2.24, 2.45) is 5.73 Å². The molecular weight excluding hydrogens is 266 g/mol. The molecule has 0 spiro atoms. The lowest BCUT2D eigenvalue weighted by atomic mass is 9.94. The first kappa shape index (κ1) is 12.0. The summed E-state index contributed by atoms with van der Waals surface area (Å²) < 4.78 is 1.02. The van der Waals surface area contributed by atoms with E-state index in [0.29, 0.717) is 0 Å². The quantitative estimate of drug-likeness (QED) is 0.906. The molecule has 0 aromatic carbocycles. The number of halogens is 1. The van der Waals surface area contributed by atoms with E-state index in [0.717, 1.165) is 29.7 Å². The molecule has 1 fully saturated rings. The lowest BCUT2D eigenvalue weighted by Crippen LogP contribution is -2.46. The van der Waals surface area contributed by atoms with Crippen LogP contribution in [0.2, 0.25) is 0 Å². The summed E-state index contributed by atoms with van der Waals surface area (Å²) in [6.45, 7) is 4.35. The van der Waals surface area contributed by atoms with Crippen molar-refractivity contribution in [2.45, 2.75) is 31.8 Å². The van der Waals surface area contributed by atoms with Gasteiger partial charge in [0.1, 0.15) is 0 Å². The summed E-state index contributed by atoms with van der Waals surface area (Å²) in [6.07, 6.45) is 4.14. The molecule has 88 valence electrons. The highest BCUT2D eigenvalue weighted by Crippen LogP contribution is 2.28. The zero-order valence-electron chi connectivity index (χ0n) is 9.56. The van der Waals surface area contributed by atoms with Crippen molar-refractivity contribution in [3.05, 3.63) is 28.5 Å². The number of aromatic nitrogens is 1. The van der Waals surface area contributed by atoms with Crippen LogP contribution in [0.15, 0.2) is 22.8 Å². The summed E-state index contributed by atoms with van der Waals surface area (Å²) in [7, 11) is 0. The van der Waals surface area contributed by atoms with E-state index >= 15 is 0 Å². The van der Waals surface area contributed by atoms with E-state index < -0.39 is 0 Å². The summed E-state index contributed by atoms with van der Waals surface area (Å²) in [6, 6.07) is 4.61. The average molecular weight is 284 g/mol. The summed E-state index contributed by atoms with van der Waals surface area (Å²) in [5.74, 6) is 0. The topological polar surface area (TPSA) is 42.1 Å². The van der Waals surface area contributed by atoms with Crippen LogP contribution in [-0.2, 0) is 0 Å². The minimum Gasteiger partial charge on any atom is -0.326 e. The molecular formula is C12H18BrN3. The lowest BCUT2D eigenvalue weighted by Gasteiger charge is -2.38. The van der Waals surface area contributed by atoms with E-state index in [1.165, 1.54) is 6.42 Å². The summed E-state index contributed by atoms with van der Waals surface area (Å²) in [5, 5.41) is 0. The van der Waals surface area contributed by atoms with Crippen molar-refractivity contribution in [3.63, 3.8) is 0 Å². The number of likely N-dealkylation sites (N-methyl/N-ethyl adjacent to an activating group) is 1. The molecule has 2 atom stereocenters. The van der Waals surface area contributed by atoms with Crippen molar-refractivity contribution in [1.82, 2.24) is 9.88 Å². The Hall–Kier alpha value is -0.450. The highest BCUT2D eigenvalue weighted by atomic mass is 79.9. The normalized spacial score (nSPS) is 26.9. The lowest BCUT2D eigenvalue weighted by molar-refractivity contribution is 0.132. The van der Waals surface area contributed by atoms with Crippen molar-refractivity contribution >= 4 is 15.9 Å². The number of hydrogen-bond donors (Lipinski definition) is 1. The monoisotopic (exact) mass is 283 g/mol. The molecule has 1 aromatic heterocycles. The molecule has 0 saturated carbocycles. The van der Waals surface area contributed by atoms with Crippen molar-refractivity contribution < 1.29 is 0 Å². The van der Waals surface area contributed by atoms with Gasteiger partial charge in [-0.3, -0.25) is 9.88 Å². The number of likely N-dealkylation sites (tertiary alicyclic amines) is 1. The van der Waals surface area contributed by atoms with Crippen LogP contribution >= 0.6 is 15.9 Å². The minimum absolute atomic E-state index is 0.211. The van der Waals surface area contributed by atoms with Crippen molar-refractivity contribution in [3.8, 4) is 0 Å². The summed E-state index contributed by atoms with van der Waals surface area (Å²) >= 11 is 3.41. The number of hydrogen-bond acceptors (Lipinski definition) is 3. The van der Waals surface area contributed by atoms with Gasteiger partial charge in [0.15, 0.2) is 0 Å². The van der Waals surface area contributed by atoms with E-state index in [9.17, 15) is 0 Å². The van der Waals surface area contributed by atoms with Gasteiger partial charge in [0.2, 0.25) is 0 Å². The van der Waals surface area contributed by atoms with Gasteiger partial charge in [0.25, 0.3) is 0 Å². The fraction of sp³-hybridized carbons (Fsp3) is 0.583. The Morgan fingerprint density at radius 3 is 3.00 bits per heavy atom. The van der Waals surface area contributed by atoms with Gasteiger partial charge in [-0.25, -0.2) is 0 Å². The van der Waals surface area contributed by atoms with E-state index in [4.69, 9.17) is 5.73 Å². The van der Waals surface area contributed by atoms with Gasteiger partial charge in [0, 0.05) is 16.7 Å². The van der Waals surface area contributed by atoms with Crippen LogP contribution in [0.3, 0.4) is 0 Å². The SMILES string of the molecule is CCN1CCCC(N)C1c1ccc(Br)cn1. The molecule has 0 aliphatic carbocycles. The average Bonchev–Trinajstić information content (AvgIpc) is 2.30. The van der Waals surface area contributed by atoms with E-state index in [-0.39, 0.29) is 12.1 Å². The standard InChI is InChI=1S/C12H18BrN3/c1-2-16-7-3-4-10(14)12(16)11-6-5-9(13)8-15-11/h5-6,8,10,12H,2-4,7,14H2,1H3. The Kier molecular flexibility index (Phi) is 3.95. The van der Waals surface area contributed by atoms with Crippen LogP contribution in [0.4, 0.5) is 0 Å². The van der Waals surface area contributed by atoms with Crippen LogP contribution in [0.25, 0.3) is 0 Å². The van der Waals surface area contributed by atoms with E-state index in [1.807, 2.05) is 12.3 Å². The van der Waals surface area contributed by atoms with Crippen LogP contribution in [-0.4, -0.2) is 29.0 Å². The Morgan fingerprint density at radius 2 is 2.38 bits per heavy atom.